The van der Waals surface area contributed by atoms with Gasteiger partial charge in [0.15, 0.2) is 11.5 Å². The molecule has 0 atom stereocenters. The SMILES string of the molecule is COc1cc(/C=C(\C#N)c2ccc(Cl)cc2)ccc1OC(=O)c1cccc(N2C(=O)c3ccccc3C2=O)c1. The Hall–Kier alpha value is -5.19. The molecule has 39 heavy (non-hydrogen) atoms. The molecule has 0 N–H and O–H groups in total. The number of anilines is 1. The normalized spacial score (nSPS) is 12.6. The summed E-state index contributed by atoms with van der Waals surface area (Å²) < 4.78 is 11.0. The zero-order chi connectivity index (χ0) is 27.5. The number of fused-ring (bicyclic) bond motifs is 1. The van der Waals surface area contributed by atoms with Gasteiger partial charge in [0.1, 0.15) is 0 Å². The summed E-state index contributed by atoms with van der Waals surface area (Å²) in [6.45, 7) is 0. The molecule has 0 radical (unpaired) electrons. The van der Waals surface area contributed by atoms with E-state index >= 15 is 0 Å². The van der Waals surface area contributed by atoms with Gasteiger partial charge in [-0.15, -0.1) is 0 Å². The Morgan fingerprint density at radius 1 is 0.846 bits per heavy atom. The predicted octanol–water partition coefficient (Wildman–Crippen LogP) is 6.43. The molecule has 0 spiro atoms. The van der Waals surface area contributed by atoms with E-state index in [1.54, 1.807) is 84.9 Å². The third-order valence-corrected chi connectivity index (χ3v) is 6.36. The average Bonchev–Trinajstić information content (AvgIpc) is 3.22. The van der Waals surface area contributed by atoms with E-state index in [0.29, 0.717) is 32.8 Å². The number of amides is 2. The maximum Gasteiger partial charge on any atom is 0.343 e. The van der Waals surface area contributed by atoms with Gasteiger partial charge in [0.05, 0.1) is 41.1 Å². The number of hydrogen-bond donors (Lipinski definition) is 0. The number of esters is 1. The molecule has 1 aliphatic rings. The van der Waals surface area contributed by atoms with Crippen LogP contribution in [0.5, 0.6) is 11.5 Å². The van der Waals surface area contributed by atoms with Gasteiger partial charge in [-0.2, -0.15) is 5.26 Å². The zero-order valence-electron chi connectivity index (χ0n) is 20.6. The molecule has 0 aromatic heterocycles. The van der Waals surface area contributed by atoms with E-state index in [1.165, 1.54) is 19.2 Å². The van der Waals surface area contributed by atoms with Gasteiger partial charge in [-0.25, -0.2) is 9.69 Å². The monoisotopic (exact) mass is 534 g/mol. The van der Waals surface area contributed by atoms with Crippen molar-refractivity contribution in [1.82, 2.24) is 0 Å². The van der Waals surface area contributed by atoms with E-state index in [4.69, 9.17) is 21.1 Å². The molecule has 0 aliphatic carbocycles. The van der Waals surface area contributed by atoms with Crippen LogP contribution in [0.4, 0.5) is 5.69 Å². The lowest BCUT2D eigenvalue weighted by Gasteiger charge is -2.15. The summed E-state index contributed by atoms with van der Waals surface area (Å²) in [6.07, 6.45) is 1.68. The first-order chi connectivity index (χ1) is 18.9. The Morgan fingerprint density at radius 3 is 2.18 bits per heavy atom. The first-order valence-corrected chi connectivity index (χ1v) is 12.1. The summed E-state index contributed by atoms with van der Waals surface area (Å²) in [6, 6.07) is 26.6. The fourth-order valence-electron chi connectivity index (χ4n) is 4.19. The lowest BCUT2D eigenvalue weighted by atomic mass is 10.0. The van der Waals surface area contributed by atoms with Crippen LogP contribution in [-0.4, -0.2) is 24.9 Å². The molecule has 8 heteroatoms. The molecule has 4 aromatic rings. The second kappa shape index (κ2) is 10.7. The van der Waals surface area contributed by atoms with Gasteiger partial charge >= 0.3 is 5.97 Å². The van der Waals surface area contributed by atoms with Crippen molar-refractivity contribution in [3.8, 4) is 17.6 Å². The van der Waals surface area contributed by atoms with E-state index in [-0.39, 0.29) is 22.7 Å². The van der Waals surface area contributed by atoms with Crippen molar-refractivity contribution in [3.05, 3.63) is 124 Å². The van der Waals surface area contributed by atoms with Crippen molar-refractivity contribution in [2.24, 2.45) is 0 Å². The predicted molar refractivity (Wildman–Crippen MR) is 147 cm³/mol. The van der Waals surface area contributed by atoms with Gasteiger partial charge in [0.25, 0.3) is 11.8 Å². The quantitative estimate of drug-likeness (QED) is 0.0929. The Labute approximate surface area is 229 Å². The lowest BCUT2D eigenvalue weighted by Crippen LogP contribution is -2.29. The van der Waals surface area contributed by atoms with Crippen LogP contribution in [0, 0.1) is 11.3 Å². The van der Waals surface area contributed by atoms with Crippen molar-refractivity contribution >= 4 is 46.7 Å². The molecule has 0 bridgehead atoms. The minimum Gasteiger partial charge on any atom is -0.493 e. The molecule has 1 aliphatic heterocycles. The summed E-state index contributed by atoms with van der Waals surface area (Å²) in [5.41, 5.74) is 2.80. The highest BCUT2D eigenvalue weighted by molar-refractivity contribution is 6.34. The van der Waals surface area contributed by atoms with Crippen LogP contribution in [-0.2, 0) is 0 Å². The standard InChI is InChI=1S/C31H19ClN2O5/c1-38-28-16-19(15-22(18-33)20-10-12-23(32)13-11-20)9-14-27(28)39-31(37)21-5-4-6-24(17-21)34-29(35)25-7-2-3-8-26(25)30(34)36/h2-17H,1H3/b22-15+. The first kappa shape index (κ1) is 25.5. The Kier molecular flexibility index (Phi) is 6.96. The Balaban J connectivity index is 1.38. The van der Waals surface area contributed by atoms with Crippen LogP contribution in [0.25, 0.3) is 11.6 Å². The van der Waals surface area contributed by atoms with Gasteiger partial charge in [0.2, 0.25) is 0 Å². The van der Waals surface area contributed by atoms with Crippen molar-refractivity contribution in [2.45, 2.75) is 0 Å². The number of nitrogens with zero attached hydrogens (tertiary/aromatic N) is 2. The summed E-state index contributed by atoms with van der Waals surface area (Å²) in [5.74, 6) is -1.17. The summed E-state index contributed by atoms with van der Waals surface area (Å²) in [7, 11) is 1.44. The van der Waals surface area contributed by atoms with Gasteiger partial charge in [-0.1, -0.05) is 48.0 Å². The minimum absolute atomic E-state index is 0.143. The number of halogens is 1. The van der Waals surface area contributed by atoms with E-state index in [0.717, 1.165) is 4.90 Å². The highest BCUT2D eigenvalue weighted by Crippen LogP contribution is 2.32. The molecule has 190 valence electrons. The maximum absolute atomic E-state index is 13.0. The summed E-state index contributed by atoms with van der Waals surface area (Å²) in [4.78, 5) is 39.7. The van der Waals surface area contributed by atoms with Gasteiger partial charge in [-0.3, -0.25) is 9.59 Å². The van der Waals surface area contributed by atoms with E-state index in [1.807, 2.05) is 0 Å². The molecule has 7 nitrogen and oxygen atoms in total. The number of rotatable bonds is 6. The zero-order valence-corrected chi connectivity index (χ0v) is 21.3. The van der Waals surface area contributed by atoms with Crippen LogP contribution in [0.3, 0.4) is 0 Å². The van der Waals surface area contributed by atoms with Gasteiger partial charge in [-0.05, 0) is 71.8 Å². The highest BCUT2D eigenvalue weighted by atomic mass is 35.5. The largest absolute Gasteiger partial charge is 0.493 e. The molecule has 0 saturated heterocycles. The number of nitriles is 1. The molecule has 0 saturated carbocycles. The van der Waals surface area contributed by atoms with Crippen molar-refractivity contribution in [3.63, 3.8) is 0 Å². The maximum atomic E-state index is 13.0. The Morgan fingerprint density at radius 2 is 1.54 bits per heavy atom. The minimum atomic E-state index is -0.700. The van der Waals surface area contributed by atoms with E-state index in [9.17, 15) is 19.6 Å². The number of carbonyl (C=O) groups excluding carboxylic acids is 3. The molecule has 0 unspecified atom stereocenters. The van der Waals surface area contributed by atoms with Crippen LogP contribution >= 0.6 is 11.6 Å². The summed E-state index contributed by atoms with van der Waals surface area (Å²) >= 11 is 5.94. The lowest BCUT2D eigenvalue weighted by molar-refractivity contribution is 0.0728. The molecular weight excluding hydrogens is 516 g/mol. The number of hydrogen-bond acceptors (Lipinski definition) is 6. The van der Waals surface area contributed by atoms with Crippen molar-refractivity contribution in [2.75, 3.05) is 12.0 Å². The molecule has 4 aromatic carbocycles. The molecular formula is C31H19ClN2O5. The third-order valence-electron chi connectivity index (χ3n) is 6.11. The third kappa shape index (κ3) is 5.01. The second-order valence-corrected chi connectivity index (χ2v) is 8.95. The van der Waals surface area contributed by atoms with E-state index < -0.39 is 17.8 Å². The van der Waals surface area contributed by atoms with Gasteiger partial charge in [0, 0.05) is 5.02 Å². The van der Waals surface area contributed by atoms with E-state index in [2.05, 4.69) is 6.07 Å². The number of allylic oxidation sites excluding steroid dienone is 1. The molecule has 0 fully saturated rings. The average molecular weight is 535 g/mol. The summed E-state index contributed by atoms with van der Waals surface area (Å²) in [5, 5.41) is 10.2. The molecule has 1 heterocycles. The number of carbonyl (C=O) groups is 3. The van der Waals surface area contributed by atoms with Gasteiger partial charge < -0.3 is 9.47 Å². The van der Waals surface area contributed by atoms with Crippen LogP contribution in [0.15, 0.2) is 91.0 Å². The van der Waals surface area contributed by atoms with Crippen molar-refractivity contribution < 1.29 is 23.9 Å². The topological polar surface area (TPSA) is 96.7 Å². The van der Waals surface area contributed by atoms with Crippen molar-refractivity contribution in [1.29, 1.82) is 5.26 Å². The fraction of sp³-hybridized carbons (Fsp3) is 0.0323. The Bertz CT molecular complexity index is 1670. The molecule has 2 amide bonds. The number of benzene rings is 4. The fourth-order valence-corrected chi connectivity index (χ4v) is 4.32. The van der Waals surface area contributed by atoms with Crippen LogP contribution < -0.4 is 14.4 Å². The number of ether oxygens (including phenoxy) is 2. The van der Waals surface area contributed by atoms with Crippen LogP contribution in [0.2, 0.25) is 5.02 Å². The smallest absolute Gasteiger partial charge is 0.343 e. The number of imide groups is 1. The second-order valence-electron chi connectivity index (χ2n) is 8.52. The number of methoxy groups -OCH3 is 1. The molecule has 5 rings (SSSR count). The van der Waals surface area contributed by atoms with Crippen LogP contribution in [0.1, 0.15) is 42.2 Å². The highest BCUT2D eigenvalue weighted by Gasteiger charge is 2.36. The first-order valence-electron chi connectivity index (χ1n) is 11.8.